The Labute approximate surface area is 159 Å². The number of benzene rings is 2. The number of carbonyl (C=O) groups excluding carboxylic acids is 4. The van der Waals surface area contributed by atoms with Gasteiger partial charge in [0, 0.05) is 6.42 Å². The van der Waals surface area contributed by atoms with Gasteiger partial charge in [0.15, 0.2) is 0 Å². The molecule has 2 aliphatic heterocycles. The fourth-order valence-corrected chi connectivity index (χ4v) is 3.29. The van der Waals surface area contributed by atoms with Gasteiger partial charge in [-0.25, -0.2) is 0 Å². The maximum absolute atomic E-state index is 12.8. The van der Waals surface area contributed by atoms with E-state index in [0.29, 0.717) is 12.4 Å². The van der Waals surface area contributed by atoms with Gasteiger partial charge >= 0.3 is 0 Å². The Morgan fingerprint density at radius 1 is 0.964 bits per heavy atom. The molecule has 4 amide bonds. The fraction of sp³-hybridized carbons (Fsp3) is 0.200. The minimum absolute atomic E-state index is 0.120. The Hall–Kier alpha value is -3.52. The molecule has 8 heteroatoms. The van der Waals surface area contributed by atoms with Crippen LogP contribution in [0, 0.1) is 0 Å². The predicted molar refractivity (Wildman–Crippen MR) is 95.3 cm³/mol. The number of hydrogen-bond donors (Lipinski definition) is 2. The van der Waals surface area contributed by atoms with Crippen molar-refractivity contribution in [2.45, 2.75) is 25.2 Å². The van der Waals surface area contributed by atoms with Gasteiger partial charge in [-0.15, -0.1) is 0 Å². The van der Waals surface area contributed by atoms with Gasteiger partial charge < -0.3 is 9.84 Å². The molecule has 1 fully saturated rings. The first-order valence-electron chi connectivity index (χ1n) is 8.67. The molecular formula is C20H16N2O6. The van der Waals surface area contributed by atoms with Crippen LogP contribution in [0.2, 0.25) is 0 Å². The number of fused-ring (bicyclic) bond motifs is 1. The van der Waals surface area contributed by atoms with E-state index in [0.717, 1.165) is 10.5 Å². The molecule has 28 heavy (non-hydrogen) atoms. The zero-order chi connectivity index (χ0) is 19.8. The molecule has 2 heterocycles. The lowest BCUT2D eigenvalue weighted by Gasteiger charge is -2.30. The van der Waals surface area contributed by atoms with E-state index in [1.165, 1.54) is 12.1 Å². The third-order valence-corrected chi connectivity index (χ3v) is 4.75. The molecule has 1 saturated heterocycles. The Kier molecular flexibility index (Phi) is 4.40. The van der Waals surface area contributed by atoms with Gasteiger partial charge in [-0.3, -0.25) is 29.4 Å². The van der Waals surface area contributed by atoms with Crippen molar-refractivity contribution < 1.29 is 29.0 Å². The van der Waals surface area contributed by atoms with E-state index in [9.17, 15) is 24.3 Å². The third-order valence-electron chi connectivity index (χ3n) is 4.75. The molecule has 2 N–H and O–H groups in total. The smallest absolute Gasteiger partial charge is 0.262 e. The largest absolute Gasteiger partial charge is 0.489 e. The van der Waals surface area contributed by atoms with Crippen LogP contribution in [-0.4, -0.2) is 45.8 Å². The Bertz CT molecular complexity index is 987. The number of aliphatic hydroxyl groups excluding tert-OH is 1. The zero-order valence-electron chi connectivity index (χ0n) is 14.6. The number of amides is 4. The maximum atomic E-state index is 12.8. The molecule has 2 atom stereocenters. The molecule has 0 spiro atoms. The molecule has 4 rings (SSSR count). The summed E-state index contributed by atoms with van der Waals surface area (Å²) < 4.78 is 5.69. The van der Waals surface area contributed by atoms with Gasteiger partial charge in [0.2, 0.25) is 5.91 Å². The molecule has 2 aromatic rings. The summed E-state index contributed by atoms with van der Waals surface area (Å²) in [6.45, 7) is 0.296. The number of hydrogen-bond acceptors (Lipinski definition) is 6. The number of nitrogens with zero attached hydrogens (tertiary/aromatic N) is 1. The first-order chi connectivity index (χ1) is 13.5. The van der Waals surface area contributed by atoms with Gasteiger partial charge in [0.1, 0.15) is 24.5 Å². The Morgan fingerprint density at radius 3 is 2.43 bits per heavy atom. The molecule has 2 aromatic carbocycles. The van der Waals surface area contributed by atoms with E-state index in [2.05, 4.69) is 0 Å². The lowest BCUT2D eigenvalue weighted by molar-refractivity contribution is -0.143. The number of imide groups is 2. The number of nitrogens with one attached hydrogen (secondary N) is 1. The van der Waals surface area contributed by atoms with Crippen LogP contribution < -0.4 is 10.1 Å². The van der Waals surface area contributed by atoms with Crippen LogP contribution >= 0.6 is 0 Å². The fourth-order valence-electron chi connectivity index (χ4n) is 3.29. The number of rotatable bonds is 4. The standard InChI is InChI=1S/C20H16N2O6/c23-16-9-15(17(24)21-18(16)25)22-19(26)13-7-6-12(8-14(13)20(22)27)28-10-11-4-2-1-3-5-11/h1-8,15-16,23H,9-10H2,(H,21,24,25)/t15-,16+/m0/s1. The van der Waals surface area contributed by atoms with E-state index in [4.69, 9.17) is 4.74 Å². The highest BCUT2D eigenvalue weighted by Crippen LogP contribution is 2.30. The molecule has 0 radical (unpaired) electrons. The second-order valence-corrected chi connectivity index (χ2v) is 6.58. The Balaban J connectivity index is 1.55. The normalized spacial score (nSPS) is 21.5. The minimum atomic E-state index is -1.46. The van der Waals surface area contributed by atoms with E-state index in [1.54, 1.807) is 6.07 Å². The summed E-state index contributed by atoms with van der Waals surface area (Å²) in [5.41, 5.74) is 1.22. The van der Waals surface area contributed by atoms with Crippen molar-refractivity contribution in [3.63, 3.8) is 0 Å². The number of ether oxygens (including phenoxy) is 1. The highest BCUT2D eigenvalue weighted by Gasteiger charge is 2.46. The molecule has 2 aliphatic rings. The number of aliphatic hydroxyl groups is 1. The van der Waals surface area contributed by atoms with Crippen molar-refractivity contribution >= 4 is 23.6 Å². The van der Waals surface area contributed by atoms with Gasteiger partial charge in [-0.1, -0.05) is 30.3 Å². The number of carbonyl (C=O) groups is 4. The summed E-state index contributed by atoms with van der Waals surface area (Å²) in [5, 5.41) is 11.7. The maximum Gasteiger partial charge on any atom is 0.262 e. The van der Waals surface area contributed by atoms with E-state index in [1.807, 2.05) is 35.6 Å². The van der Waals surface area contributed by atoms with E-state index >= 15 is 0 Å². The lowest BCUT2D eigenvalue weighted by atomic mass is 10.0. The first-order valence-corrected chi connectivity index (χ1v) is 8.67. The van der Waals surface area contributed by atoms with Gasteiger partial charge in [-0.05, 0) is 23.8 Å². The van der Waals surface area contributed by atoms with E-state index < -0.39 is 35.8 Å². The summed E-state index contributed by atoms with van der Waals surface area (Å²) >= 11 is 0. The summed E-state index contributed by atoms with van der Waals surface area (Å²) in [6, 6.07) is 12.7. The monoisotopic (exact) mass is 380 g/mol. The lowest BCUT2D eigenvalue weighted by Crippen LogP contribution is -2.58. The zero-order valence-corrected chi connectivity index (χ0v) is 14.6. The average Bonchev–Trinajstić information content (AvgIpc) is 2.94. The second kappa shape index (κ2) is 6.90. The Morgan fingerprint density at radius 2 is 1.68 bits per heavy atom. The summed E-state index contributed by atoms with van der Waals surface area (Å²) in [6.07, 6.45) is -1.79. The number of piperidine rings is 1. The molecule has 142 valence electrons. The van der Waals surface area contributed by atoms with Crippen molar-refractivity contribution in [2.75, 3.05) is 0 Å². The predicted octanol–water partition coefficient (Wildman–Crippen LogP) is 0.638. The highest BCUT2D eigenvalue weighted by atomic mass is 16.5. The van der Waals surface area contributed by atoms with Crippen molar-refractivity contribution in [3.05, 3.63) is 65.2 Å². The van der Waals surface area contributed by atoms with Crippen LogP contribution in [0.3, 0.4) is 0 Å². The molecular weight excluding hydrogens is 364 g/mol. The molecule has 0 aromatic heterocycles. The SMILES string of the molecule is O=C1NC(=O)[C@@H](N2C(=O)c3ccc(OCc4ccccc4)cc3C2=O)C[C@H]1O. The molecule has 8 nitrogen and oxygen atoms in total. The van der Waals surface area contributed by atoms with Crippen LogP contribution in [0.4, 0.5) is 0 Å². The van der Waals surface area contributed by atoms with Crippen LogP contribution in [0.5, 0.6) is 5.75 Å². The molecule has 0 bridgehead atoms. The minimum Gasteiger partial charge on any atom is -0.489 e. The summed E-state index contributed by atoms with van der Waals surface area (Å²) in [5.74, 6) is -2.52. The van der Waals surface area contributed by atoms with Crippen molar-refractivity contribution in [1.29, 1.82) is 0 Å². The van der Waals surface area contributed by atoms with Crippen LogP contribution in [0.25, 0.3) is 0 Å². The van der Waals surface area contributed by atoms with E-state index in [-0.39, 0.29) is 17.5 Å². The molecule has 0 unspecified atom stereocenters. The molecule has 0 aliphatic carbocycles. The highest BCUT2D eigenvalue weighted by molar-refractivity contribution is 6.23. The summed E-state index contributed by atoms with van der Waals surface area (Å²) in [4.78, 5) is 49.7. The summed E-state index contributed by atoms with van der Waals surface area (Å²) in [7, 11) is 0. The van der Waals surface area contributed by atoms with Gasteiger partial charge in [0.25, 0.3) is 17.7 Å². The van der Waals surface area contributed by atoms with Crippen molar-refractivity contribution in [2.24, 2.45) is 0 Å². The quantitative estimate of drug-likeness (QED) is 0.753. The van der Waals surface area contributed by atoms with Crippen molar-refractivity contribution in [1.82, 2.24) is 10.2 Å². The topological polar surface area (TPSA) is 113 Å². The van der Waals surface area contributed by atoms with Gasteiger partial charge in [-0.2, -0.15) is 0 Å². The second-order valence-electron chi connectivity index (χ2n) is 6.58. The average molecular weight is 380 g/mol. The first kappa shape index (κ1) is 17.9. The van der Waals surface area contributed by atoms with Crippen LogP contribution in [0.15, 0.2) is 48.5 Å². The third kappa shape index (κ3) is 3.03. The van der Waals surface area contributed by atoms with Crippen molar-refractivity contribution in [3.8, 4) is 5.75 Å². The van der Waals surface area contributed by atoms with Crippen LogP contribution in [-0.2, 0) is 16.2 Å². The van der Waals surface area contributed by atoms with Gasteiger partial charge in [0.05, 0.1) is 11.1 Å². The molecule has 0 saturated carbocycles. The van der Waals surface area contributed by atoms with Crippen LogP contribution in [0.1, 0.15) is 32.7 Å².